The van der Waals surface area contributed by atoms with E-state index in [1.807, 2.05) is 12.4 Å². The summed E-state index contributed by atoms with van der Waals surface area (Å²) in [6.07, 6.45) is 6.92. The first kappa shape index (κ1) is 22.3. The molecule has 3 N–H and O–H groups in total. The number of halogens is 1. The lowest BCUT2D eigenvalue weighted by Crippen LogP contribution is -2.38. The fraction of sp³-hybridized carbons (Fsp3) is 0.429. The molecule has 0 aliphatic heterocycles. The Morgan fingerprint density at radius 2 is 2.07 bits per heavy atom. The minimum atomic E-state index is 0. The summed E-state index contributed by atoms with van der Waals surface area (Å²) in [6, 6.07) is 8.41. The average Bonchev–Trinajstić information content (AvgIpc) is 3.26. The quantitative estimate of drug-likeness (QED) is 0.253. The van der Waals surface area contributed by atoms with Gasteiger partial charge in [0.2, 0.25) is 0 Å². The van der Waals surface area contributed by atoms with Gasteiger partial charge in [-0.15, -0.1) is 24.0 Å². The third-order valence-corrected chi connectivity index (χ3v) is 4.45. The monoisotopic (exact) mass is 494 g/mol. The van der Waals surface area contributed by atoms with Crippen LogP contribution in [0.4, 0.5) is 0 Å². The summed E-state index contributed by atoms with van der Waals surface area (Å²) in [7, 11) is 0. The summed E-state index contributed by atoms with van der Waals surface area (Å²) >= 11 is 0. The van der Waals surface area contributed by atoms with Crippen LogP contribution in [0.1, 0.15) is 32.2 Å². The summed E-state index contributed by atoms with van der Waals surface area (Å²) in [4.78, 5) is 12.5. The maximum atomic E-state index is 4.71. The zero-order chi connectivity index (χ0) is 19.1. The summed E-state index contributed by atoms with van der Waals surface area (Å²) in [5.41, 5.74) is 2.51. The number of rotatable bonds is 8. The molecule has 3 rings (SSSR count). The molecule has 2 heterocycles. The lowest BCUT2D eigenvalue weighted by atomic mass is 10.1. The molecule has 0 aliphatic rings. The lowest BCUT2D eigenvalue weighted by molar-refractivity contribution is 0.507. The Balaban J connectivity index is 0.00000280. The minimum absolute atomic E-state index is 0. The number of guanidine groups is 1. The number of aromatic nitrogens is 3. The Morgan fingerprint density at radius 3 is 2.86 bits per heavy atom. The number of aliphatic imine (C=N–C) groups is 1. The summed E-state index contributed by atoms with van der Waals surface area (Å²) in [5, 5.41) is 8.04. The predicted octanol–water partition coefficient (Wildman–Crippen LogP) is 3.94. The number of fused-ring (bicyclic) bond motifs is 1. The smallest absolute Gasteiger partial charge is 0.191 e. The van der Waals surface area contributed by atoms with Crippen molar-refractivity contribution < 1.29 is 0 Å². The van der Waals surface area contributed by atoms with E-state index in [1.54, 1.807) is 0 Å². The number of hydrogen-bond donors (Lipinski definition) is 3. The van der Waals surface area contributed by atoms with Gasteiger partial charge in [-0.25, -0.2) is 9.98 Å². The second-order valence-corrected chi connectivity index (χ2v) is 7.12. The number of imidazole rings is 1. The lowest BCUT2D eigenvalue weighted by Gasteiger charge is -2.12. The fourth-order valence-electron chi connectivity index (χ4n) is 3.20. The van der Waals surface area contributed by atoms with Crippen LogP contribution in [0.15, 0.2) is 47.8 Å². The normalized spacial score (nSPS) is 11.6. The van der Waals surface area contributed by atoms with E-state index in [0.717, 1.165) is 37.8 Å². The van der Waals surface area contributed by atoms with Gasteiger partial charge in [0, 0.05) is 49.1 Å². The first-order valence-corrected chi connectivity index (χ1v) is 9.74. The van der Waals surface area contributed by atoms with E-state index in [-0.39, 0.29) is 24.0 Å². The van der Waals surface area contributed by atoms with Crippen molar-refractivity contribution in [2.24, 2.45) is 10.9 Å². The standard InChI is InChI=1S/C21H30N6.HI/c1-4-22-21(26-14-20-23-11-12-27(20)15-16(2)3)24-10-9-17-13-25-19-8-6-5-7-18(17)19;/h5-8,11-13,16,25H,4,9-10,14-15H2,1-3H3,(H2,22,24,26);1H. The van der Waals surface area contributed by atoms with Crippen LogP contribution >= 0.6 is 24.0 Å². The van der Waals surface area contributed by atoms with Gasteiger partial charge >= 0.3 is 0 Å². The predicted molar refractivity (Wildman–Crippen MR) is 127 cm³/mol. The molecule has 3 aromatic rings. The fourth-order valence-corrected chi connectivity index (χ4v) is 3.20. The molecule has 2 aromatic heterocycles. The highest BCUT2D eigenvalue weighted by Gasteiger charge is 2.06. The summed E-state index contributed by atoms with van der Waals surface area (Å²) in [5.74, 6) is 2.42. The molecule has 0 aliphatic carbocycles. The van der Waals surface area contributed by atoms with E-state index in [2.05, 4.69) is 76.4 Å². The van der Waals surface area contributed by atoms with Crippen LogP contribution in [0, 0.1) is 5.92 Å². The van der Waals surface area contributed by atoms with Gasteiger partial charge in [-0.2, -0.15) is 0 Å². The molecular weight excluding hydrogens is 463 g/mol. The number of H-pyrrole nitrogens is 1. The van der Waals surface area contributed by atoms with Gasteiger partial charge in [0.25, 0.3) is 0 Å². The van der Waals surface area contributed by atoms with Crippen molar-refractivity contribution in [1.82, 2.24) is 25.2 Å². The van der Waals surface area contributed by atoms with Gasteiger partial charge in [-0.3, -0.25) is 0 Å². The first-order valence-electron chi connectivity index (χ1n) is 9.74. The Kier molecular flexibility index (Phi) is 8.82. The molecule has 0 amide bonds. The van der Waals surface area contributed by atoms with Gasteiger partial charge in [-0.05, 0) is 30.9 Å². The SMILES string of the molecule is CCNC(=NCc1nccn1CC(C)C)NCCc1c[nH]c2ccccc12.I. The molecule has 6 nitrogen and oxygen atoms in total. The average molecular weight is 494 g/mol. The van der Waals surface area contributed by atoms with Crippen LogP contribution in [0.2, 0.25) is 0 Å². The molecule has 0 radical (unpaired) electrons. The van der Waals surface area contributed by atoms with Gasteiger partial charge in [0.1, 0.15) is 12.4 Å². The van der Waals surface area contributed by atoms with Crippen molar-refractivity contribution >= 4 is 40.8 Å². The van der Waals surface area contributed by atoms with Crippen molar-refractivity contribution in [2.45, 2.75) is 40.3 Å². The van der Waals surface area contributed by atoms with Crippen molar-refractivity contribution in [3.05, 3.63) is 54.2 Å². The van der Waals surface area contributed by atoms with Gasteiger partial charge in [0.05, 0.1) is 0 Å². The summed E-state index contributed by atoms with van der Waals surface area (Å²) in [6.45, 7) is 9.70. The largest absolute Gasteiger partial charge is 0.361 e. The number of nitrogens with zero attached hydrogens (tertiary/aromatic N) is 3. The van der Waals surface area contributed by atoms with Crippen molar-refractivity contribution in [1.29, 1.82) is 0 Å². The molecule has 0 bridgehead atoms. The first-order chi connectivity index (χ1) is 13.2. The molecule has 7 heteroatoms. The van der Waals surface area contributed by atoms with Gasteiger partial charge < -0.3 is 20.2 Å². The van der Waals surface area contributed by atoms with E-state index in [1.165, 1.54) is 16.5 Å². The summed E-state index contributed by atoms with van der Waals surface area (Å²) < 4.78 is 2.18. The van der Waals surface area contributed by atoms with Crippen LogP contribution in [-0.4, -0.2) is 33.6 Å². The maximum absolute atomic E-state index is 4.71. The maximum Gasteiger partial charge on any atom is 0.191 e. The topological polar surface area (TPSA) is 70.0 Å². The Hall–Kier alpha value is -2.03. The van der Waals surface area contributed by atoms with Gasteiger partial charge in [-0.1, -0.05) is 32.0 Å². The molecule has 0 saturated heterocycles. The molecule has 152 valence electrons. The van der Waals surface area contributed by atoms with E-state index >= 15 is 0 Å². The Morgan fingerprint density at radius 1 is 1.25 bits per heavy atom. The van der Waals surface area contributed by atoms with Crippen molar-refractivity contribution in [3.8, 4) is 0 Å². The number of hydrogen-bond acceptors (Lipinski definition) is 2. The zero-order valence-electron chi connectivity index (χ0n) is 16.9. The number of benzene rings is 1. The zero-order valence-corrected chi connectivity index (χ0v) is 19.2. The van der Waals surface area contributed by atoms with E-state index < -0.39 is 0 Å². The van der Waals surface area contributed by atoms with Crippen LogP contribution in [0.3, 0.4) is 0 Å². The van der Waals surface area contributed by atoms with Crippen molar-refractivity contribution in [3.63, 3.8) is 0 Å². The van der Waals surface area contributed by atoms with E-state index in [4.69, 9.17) is 4.99 Å². The minimum Gasteiger partial charge on any atom is -0.361 e. The molecule has 0 unspecified atom stereocenters. The third kappa shape index (κ3) is 5.98. The molecule has 0 spiro atoms. The van der Waals surface area contributed by atoms with Crippen LogP contribution in [0.25, 0.3) is 10.9 Å². The highest BCUT2D eigenvalue weighted by molar-refractivity contribution is 14.0. The Labute approximate surface area is 184 Å². The number of nitrogens with one attached hydrogen (secondary N) is 3. The number of para-hydroxylation sites is 1. The van der Waals surface area contributed by atoms with Gasteiger partial charge in [0.15, 0.2) is 5.96 Å². The second kappa shape index (κ2) is 11.1. The molecule has 0 atom stereocenters. The molecule has 1 aromatic carbocycles. The number of aromatic amines is 1. The molecule has 0 saturated carbocycles. The highest BCUT2D eigenvalue weighted by atomic mass is 127. The van der Waals surface area contributed by atoms with E-state index in [0.29, 0.717) is 12.5 Å². The molecular formula is C21H31IN6. The Bertz CT molecular complexity index is 880. The van der Waals surface area contributed by atoms with Crippen molar-refractivity contribution in [2.75, 3.05) is 13.1 Å². The second-order valence-electron chi connectivity index (χ2n) is 7.12. The molecule has 28 heavy (non-hydrogen) atoms. The molecule has 0 fully saturated rings. The van der Waals surface area contributed by atoms with Crippen LogP contribution in [0.5, 0.6) is 0 Å². The highest BCUT2D eigenvalue weighted by Crippen LogP contribution is 2.17. The van der Waals surface area contributed by atoms with Crippen LogP contribution < -0.4 is 10.6 Å². The van der Waals surface area contributed by atoms with E-state index in [9.17, 15) is 0 Å². The van der Waals surface area contributed by atoms with Crippen LogP contribution in [-0.2, 0) is 19.5 Å². The third-order valence-electron chi connectivity index (χ3n) is 4.45.